The summed E-state index contributed by atoms with van der Waals surface area (Å²) in [6.45, 7) is 10.7. The number of aryl methyl sites for hydroxylation is 2. The van der Waals surface area contributed by atoms with Gasteiger partial charge in [0.2, 0.25) is 0 Å². The van der Waals surface area contributed by atoms with Crippen molar-refractivity contribution in [1.82, 2.24) is 0 Å². The molecular formula is C38H52O8S2. The van der Waals surface area contributed by atoms with Gasteiger partial charge in [0.1, 0.15) is 0 Å². The maximum atomic E-state index is 13.8. The standard InChI is InChI=1S/C38H52O8S2/c1-24-7-11-28(12-8-24)47(40,41)45-27-17-19-38(5)33-18-20-37(4)31(26(3)21-36(39)44-6)15-16-32(37)30(33)23-35(34(38)22-27)46-48(42,43)29-13-9-25(2)10-14-29/h7-14,26-27,30-35H,15-23H2,1-6H3/t26-,27-,30+,31-,32+,33+,34+,35+,37-,38-/m1/s1. The lowest BCUT2D eigenvalue weighted by atomic mass is 9.44. The van der Waals surface area contributed by atoms with Crippen LogP contribution in [0.4, 0.5) is 0 Å². The van der Waals surface area contributed by atoms with Crippen LogP contribution in [-0.2, 0) is 38.1 Å². The van der Waals surface area contributed by atoms with Crippen molar-refractivity contribution in [2.24, 2.45) is 46.3 Å². The van der Waals surface area contributed by atoms with E-state index in [-0.39, 0.29) is 44.3 Å². The fourth-order valence-corrected chi connectivity index (χ4v) is 13.0. The molecule has 4 aliphatic carbocycles. The molecule has 0 aliphatic heterocycles. The molecule has 48 heavy (non-hydrogen) atoms. The smallest absolute Gasteiger partial charge is 0.305 e. The molecule has 0 spiro atoms. The fraction of sp³-hybridized carbons (Fsp3) is 0.658. The van der Waals surface area contributed by atoms with Crippen molar-refractivity contribution in [2.45, 2.75) is 114 Å². The summed E-state index contributed by atoms with van der Waals surface area (Å²) in [6.07, 6.45) is 5.75. The molecule has 0 N–H and O–H groups in total. The van der Waals surface area contributed by atoms with Gasteiger partial charge in [-0.2, -0.15) is 16.8 Å². The molecule has 0 heterocycles. The third-order valence-corrected chi connectivity index (χ3v) is 15.9. The number of methoxy groups -OCH3 is 1. The number of esters is 1. The van der Waals surface area contributed by atoms with Crippen LogP contribution >= 0.6 is 0 Å². The lowest BCUT2D eigenvalue weighted by Gasteiger charge is -2.62. The van der Waals surface area contributed by atoms with Crippen LogP contribution in [0.3, 0.4) is 0 Å². The van der Waals surface area contributed by atoms with E-state index in [1.807, 2.05) is 13.8 Å². The van der Waals surface area contributed by atoms with Crippen LogP contribution in [0.5, 0.6) is 0 Å². The van der Waals surface area contributed by atoms with Crippen LogP contribution in [0.25, 0.3) is 0 Å². The Labute approximate surface area is 287 Å². The van der Waals surface area contributed by atoms with E-state index in [2.05, 4.69) is 20.8 Å². The van der Waals surface area contributed by atoms with E-state index in [0.717, 1.165) is 43.2 Å². The first kappa shape index (κ1) is 35.6. The molecule has 4 aliphatic rings. The second-order valence-corrected chi connectivity index (χ2v) is 19.0. The molecule has 8 nitrogen and oxygen atoms in total. The largest absolute Gasteiger partial charge is 0.469 e. The average Bonchev–Trinajstić information content (AvgIpc) is 3.39. The van der Waals surface area contributed by atoms with Crippen molar-refractivity contribution in [3.63, 3.8) is 0 Å². The molecule has 0 saturated heterocycles. The van der Waals surface area contributed by atoms with Crippen molar-refractivity contribution in [3.8, 4) is 0 Å². The van der Waals surface area contributed by atoms with E-state index in [1.165, 1.54) is 7.11 Å². The van der Waals surface area contributed by atoms with Crippen LogP contribution in [0.2, 0.25) is 0 Å². The SMILES string of the molecule is COC(=O)C[C@@H](C)[C@H]1CC[C@H]2[C@@H]3C[C@H](OS(=O)(=O)c4ccc(C)cc4)[C@@H]4C[C@H](OS(=O)(=O)c5ccc(C)cc5)CC[C@]4(C)[C@H]3CC[C@]12C. The Hall–Kier alpha value is -2.27. The molecule has 10 atom stereocenters. The number of hydrogen-bond acceptors (Lipinski definition) is 8. The van der Waals surface area contributed by atoms with E-state index in [0.29, 0.717) is 43.4 Å². The number of rotatable bonds is 9. The lowest BCUT2D eigenvalue weighted by Crippen LogP contribution is -2.59. The molecule has 0 unspecified atom stereocenters. The van der Waals surface area contributed by atoms with Gasteiger partial charge in [0, 0.05) is 6.42 Å². The zero-order valence-electron chi connectivity index (χ0n) is 29.2. The Morgan fingerprint density at radius 3 is 1.88 bits per heavy atom. The van der Waals surface area contributed by atoms with E-state index < -0.39 is 32.4 Å². The quantitative estimate of drug-likeness (QED) is 0.194. The number of fused-ring (bicyclic) bond motifs is 5. The fourth-order valence-electron chi connectivity index (χ4n) is 10.8. The number of hydrogen-bond donors (Lipinski definition) is 0. The Balaban J connectivity index is 1.31. The van der Waals surface area contributed by atoms with Crippen LogP contribution in [-0.4, -0.2) is 42.1 Å². The van der Waals surface area contributed by atoms with E-state index in [9.17, 15) is 21.6 Å². The molecular weight excluding hydrogens is 649 g/mol. The lowest BCUT2D eigenvalue weighted by molar-refractivity contribution is -0.163. The molecule has 2 aromatic carbocycles. The second-order valence-electron chi connectivity index (χ2n) is 15.9. The van der Waals surface area contributed by atoms with Gasteiger partial charge >= 0.3 is 5.97 Å². The number of benzene rings is 2. The van der Waals surface area contributed by atoms with Crippen molar-refractivity contribution in [2.75, 3.05) is 7.11 Å². The highest BCUT2D eigenvalue weighted by Gasteiger charge is 2.63. The molecule has 0 bridgehead atoms. The van der Waals surface area contributed by atoms with Gasteiger partial charge in [0.05, 0.1) is 29.1 Å². The third-order valence-electron chi connectivity index (χ3n) is 13.2. The zero-order chi connectivity index (χ0) is 34.6. The van der Waals surface area contributed by atoms with Gasteiger partial charge in [-0.1, -0.05) is 56.2 Å². The van der Waals surface area contributed by atoms with Crippen molar-refractivity contribution < 1.29 is 34.7 Å². The number of ether oxygens (including phenoxy) is 1. The molecule has 4 saturated carbocycles. The van der Waals surface area contributed by atoms with Gasteiger partial charge in [-0.3, -0.25) is 13.2 Å². The highest BCUT2D eigenvalue weighted by molar-refractivity contribution is 7.87. The molecule has 2 aromatic rings. The topological polar surface area (TPSA) is 113 Å². The summed E-state index contributed by atoms with van der Waals surface area (Å²) in [7, 11) is -6.63. The molecule has 0 aromatic heterocycles. The van der Waals surface area contributed by atoms with Gasteiger partial charge in [-0.05, 0) is 136 Å². The monoisotopic (exact) mass is 700 g/mol. The van der Waals surface area contributed by atoms with Gasteiger partial charge in [0.25, 0.3) is 20.2 Å². The Morgan fingerprint density at radius 1 is 0.750 bits per heavy atom. The van der Waals surface area contributed by atoms with Gasteiger partial charge in [0.15, 0.2) is 0 Å². The summed E-state index contributed by atoms with van der Waals surface area (Å²) >= 11 is 0. The first-order chi connectivity index (χ1) is 22.6. The number of carbonyl (C=O) groups excluding carboxylic acids is 1. The Morgan fingerprint density at radius 2 is 1.29 bits per heavy atom. The van der Waals surface area contributed by atoms with E-state index in [4.69, 9.17) is 13.1 Å². The normalized spacial score (nSPS) is 35.6. The molecule has 10 heteroatoms. The maximum absolute atomic E-state index is 13.8. The van der Waals surface area contributed by atoms with Crippen LogP contribution < -0.4 is 0 Å². The summed E-state index contributed by atoms with van der Waals surface area (Å²) in [5.41, 5.74) is 1.73. The summed E-state index contributed by atoms with van der Waals surface area (Å²) in [4.78, 5) is 12.5. The van der Waals surface area contributed by atoms with Gasteiger partial charge in [-0.25, -0.2) is 0 Å². The minimum Gasteiger partial charge on any atom is -0.469 e. The molecule has 264 valence electrons. The molecule has 6 rings (SSSR count). The van der Waals surface area contributed by atoms with Crippen molar-refractivity contribution in [3.05, 3.63) is 59.7 Å². The molecule has 0 radical (unpaired) electrons. The minimum absolute atomic E-state index is 0.0423. The van der Waals surface area contributed by atoms with Crippen LogP contribution in [0.15, 0.2) is 58.3 Å². The third kappa shape index (κ3) is 6.51. The maximum Gasteiger partial charge on any atom is 0.305 e. The Bertz CT molecular complexity index is 1700. The van der Waals surface area contributed by atoms with Gasteiger partial charge < -0.3 is 4.74 Å². The van der Waals surface area contributed by atoms with Crippen LogP contribution in [0, 0.1) is 60.2 Å². The highest BCUT2D eigenvalue weighted by Crippen LogP contribution is 2.69. The second kappa shape index (κ2) is 13.1. The predicted molar refractivity (Wildman–Crippen MR) is 183 cm³/mol. The summed E-state index contributed by atoms with van der Waals surface area (Å²) in [5, 5.41) is 0. The Kier molecular flexibility index (Phi) is 9.72. The van der Waals surface area contributed by atoms with Crippen molar-refractivity contribution >= 4 is 26.2 Å². The van der Waals surface area contributed by atoms with Crippen LogP contribution in [0.1, 0.15) is 89.7 Å². The number of carbonyl (C=O) groups is 1. The summed E-state index contributed by atoms with van der Waals surface area (Å²) in [6, 6.07) is 13.4. The average molecular weight is 701 g/mol. The van der Waals surface area contributed by atoms with E-state index in [1.54, 1.807) is 48.5 Å². The highest BCUT2D eigenvalue weighted by atomic mass is 32.2. The first-order valence-corrected chi connectivity index (χ1v) is 20.5. The predicted octanol–water partition coefficient (Wildman–Crippen LogP) is 7.62. The van der Waals surface area contributed by atoms with Crippen molar-refractivity contribution in [1.29, 1.82) is 0 Å². The molecule has 0 amide bonds. The first-order valence-electron chi connectivity index (χ1n) is 17.6. The van der Waals surface area contributed by atoms with E-state index >= 15 is 0 Å². The summed E-state index contributed by atoms with van der Waals surface area (Å²) in [5.74, 6) is 1.26. The zero-order valence-corrected chi connectivity index (χ0v) is 30.8. The van der Waals surface area contributed by atoms with Gasteiger partial charge in [-0.15, -0.1) is 0 Å². The summed E-state index contributed by atoms with van der Waals surface area (Å²) < 4.78 is 71.6. The molecule has 4 fully saturated rings. The minimum atomic E-state index is -4.08.